The van der Waals surface area contributed by atoms with Crippen LogP contribution in [-0.2, 0) is 0 Å². The van der Waals surface area contributed by atoms with Crippen molar-refractivity contribution in [3.05, 3.63) is 66.8 Å². The van der Waals surface area contributed by atoms with E-state index in [4.69, 9.17) is 5.73 Å². The van der Waals surface area contributed by atoms with Crippen molar-refractivity contribution in [2.24, 2.45) is 5.73 Å². The van der Waals surface area contributed by atoms with Gasteiger partial charge in [0, 0.05) is 27.0 Å². The minimum atomic E-state index is -0.547. The van der Waals surface area contributed by atoms with E-state index in [0.29, 0.717) is 20.7 Å². The highest BCUT2D eigenvalue weighted by Crippen LogP contribution is 2.36. The number of carbonyl (C=O) groups excluding carboxylic acids is 2. The molecule has 2 aromatic rings. The van der Waals surface area contributed by atoms with Crippen molar-refractivity contribution in [2.45, 2.75) is 31.6 Å². The number of primary amides is 1. The molecule has 2 amide bonds. The number of nitrogens with two attached hydrogens (primary N) is 1. The van der Waals surface area contributed by atoms with E-state index >= 15 is 0 Å². The molecule has 0 unspecified atom stereocenters. The topological polar surface area (TPSA) is 115 Å². The molecule has 7 nitrogen and oxygen atoms in total. The zero-order valence-electron chi connectivity index (χ0n) is 14.4. The summed E-state index contributed by atoms with van der Waals surface area (Å²) in [4.78, 5) is 34.9. The summed E-state index contributed by atoms with van der Waals surface area (Å²) < 4.78 is 0.591. The number of anilines is 1. The third-order valence-electron chi connectivity index (χ3n) is 4.78. The summed E-state index contributed by atoms with van der Waals surface area (Å²) in [5, 5.41) is 13.7. The van der Waals surface area contributed by atoms with Crippen molar-refractivity contribution in [3.8, 4) is 0 Å². The van der Waals surface area contributed by atoms with Gasteiger partial charge in [-0.1, -0.05) is 18.9 Å². The molecule has 2 aromatic carbocycles. The third-order valence-corrected chi connectivity index (χ3v) is 5.72. The van der Waals surface area contributed by atoms with Crippen LogP contribution in [0.5, 0.6) is 0 Å². The number of amides is 2. The maximum absolute atomic E-state index is 12.6. The summed E-state index contributed by atoms with van der Waals surface area (Å²) in [7, 11) is 0. The number of halogens is 1. The van der Waals surface area contributed by atoms with Crippen molar-refractivity contribution in [3.63, 3.8) is 0 Å². The predicted octanol–water partition coefficient (Wildman–Crippen LogP) is 4.21. The third kappa shape index (κ3) is 4.26. The maximum atomic E-state index is 12.6. The van der Waals surface area contributed by atoms with Crippen LogP contribution in [0.25, 0.3) is 0 Å². The normalized spacial score (nSPS) is 14.1. The zero-order chi connectivity index (χ0) is 19.6. The van der Waals surface area contributed by atoms with Gasteiger partial charge in [0.25, 0.3) is 11.6 Å². The van der Waals surface area contributed by atoms with Crippen molar-refractivity contribution in [1.82, 2.24) is 0 Å². The number of benzene rings is 2. The summed E-state index contributed by atoms with van der Waals surface area (Å²) in [6.07, 6.45) is 4.31. The van der Waals surface area contributed by atoms with Crippen molar-refractivity contribution in [2.75, 3.05) is 5.32 Å². The van der Waals surface area contributed by atoms with E-state index in [0.717, 1.165) is 31.2 Å². The first kappa shape index (κ1) is 19.3. The minimum absolute atomic E-state index is 0.157. The van der Waals surface area contributed by atoms with E-state index in [1.807, 2.05) is 28.7 Å². The molecule has 0 aliphatic heterocycles. The Balaban J connectivity index is 1.88. The molecule has 1 fully saturated rings. The van der Waals surface area contributed by atoms with Crippen LogP contribution in [0.4, 0.5) is 11.4 Å². The first-order chi connectivity index (χ1) is 12.9. The second-order valence-electron chi connectivity index (χ2n) is 6.52. The van der Waals surface area contributed by atoms with Gasteiger partial charge in [-0.25, -0.2) is 0 Å². The lowest BCUT2D eigenvalue weighted by molar-refractivity contribution is -0.384. The van der Waals surface area contributed by atoms with Gasteiger partial charge in [-0.3, -0.25) is 19.7 Å². The molecule has 27 heavy (non-hydrogen) atoms. The Bertz CT molecular complexity index is 923. The first-order valence-electron chi connectivity index (χ1n) is 8.56. The lowest BCUT2D eigenvalue weighted by Gasteiger charge is -2.15. The van der Waals surface area contributed by atoms with Gasteiger partial charge < -0.3 is 11.1 Å². The average Bonchev–Trinajstić information content (AvgIpc) is 3.16. The average molecular weight is 479 g/mol. The molecule has 0 radical (unpaired) electrons. The van der Waals surface area contributed by atoms with Crippen LogP contribution in [0.15, 0.2) is 36.4 Å². The summed E-state index contributed by atoms with van der Waals surface area (Å²) in [6.45, 7) is 0. The van der Waals surface area contributed by atoms with Crippen LogP contribution < -0.4 is 11.1 Å². The Kier molecular flexibility index (Phi) is 5.73. The van der Waals surface area contributed by atoms with E-state index in [9.17, 15) is 19.7 Å². The summed E-state index contributed by atoms with van der Waals surface area (Å²) in [5.74, 6) is -0.694. The Labute approximate surface area is 169 Å². The van der Waals surface area contributed by atoms with Crippen LogP contribution in [0, 0.1) is 13.7 Å². The quantitative estimate of drug-likeness (QED) is 0.380. The molecule has 1 saturated carbocycles. The van der Waals surface area contributed by atoms with Gasteiger partial charge in [-0.2, -0.15) is 0 Å². The predicted molar refractivity (Wildman–Crippen MR) is 110 cm³/mol. The fraction of sp³-hybridized carbons (Fsp3) is 0.263. The highest BCUT2D eigenvalue weighted by atomic mass is 127. The van der Waals surface area contributed by atoms with Crippen molar-refractivity contribution in [1.29, 1.82) is 0 Å². The number of nitro groups is 1. The Hall–Kier alpha value is -2.49. The molecule has 8 heteroatoms. The summed E-state index contributed by atoms with van der Waals surface area (Å²) in [6, 6.07) is 9.26. The number of hydrogen-bond donors (Lipinski definition) is 2. The Morgan fingerprint density at radius 1 is 1.11 bits per heavy atom. The van der Waals surface area contributed by atoms with Crippen molar-refractivity contribution < 1.29 is 14.5 Å². The fourth-order valence-electron chi connectivity index (χ4n) is 3.44. The molecule has 1 aliphatic carbocycles. The highest BCUT2D eigenvalue weighted by molar-refractivity contribution is 14.1. The smallest absolute Gasteiger partial charge is 0.270 e. The van der Waals surface area contributed by atoms with E-state index in [1.165, 1.54) is 18.2 Å². The van der Waals surface area contributed by atoms with Crippen LogP contribution in [0.3, 0.4) is 0 Å². The molecule has 0 bridgehead atoms. The second-order valence-corrected chi connectivity index (χ2v) is 7.69. The molecule has 3 rings (SSSR count). The Morgan fingerprint density at radius 3 is 2.44 bits per heavy atom. The standard InChI is InChI=1S/C19H18IN3O4/c20-17-8-6-13(23(26)27)10-16(17)19(25)22-12-5-7-14(11-3-1-2-4-11)15(9-12)18(21)24/h5-11H,1-4H2,(H2,21,24)(H,22,25). The molecule has 0 aromatic heterocycles. The van der Waals surface area contributed by atoms with Gasteiger partial charge in [0.05, 0.1) is 10.5 Å². The molecule has 3 N–H and O–H groups in total. The van der Waals surface area contributed by atoms with Gasteiger partial charge in [0.15, 0.2) is 0 Å². The molecular weight excluding hydrogens is 461 g/mol. The summed E-state index contributed by atoms with van der Waals surface area (Å²) >= 11 is 1.95. The minimum Gasteiger partial charge on any atom is -0.366 e. The zero-order valence-corrected chi connectivity index (χ0v) is 16.6. The van der Waals surface area contributed by atoms with E-state index in [1.54, 1.807) is 12.1 Å². The molecule has 0 heterocycles. The fourth-order valence-corrected chi connectivity index (χ4v) is 4.02. The number of carbonyl (C=O) groups is 2. The molecule has 0 atom stereocenters. The number of nitrogens with zero attached hydrogens (tertiary/aromatic N) is 1. The monoisotopic (exact) mass is 479 g/mol. The van der Waals surface area contributed by atoms with Gasteiger partial charge >= 0.3 is 0 Å². The molecule has 140 valence electrons. The maximum Gasteiger partial charge on any atom is 0.270 e. The van der Waals surface area contributed by atoms with E-state index < -0.39 is 16.7 Å². The lowest BCUT2D eigenvalue weighted by atomic mass is 9.92. The van der Waals surface area contributed by atoms with Gasteiger partial charge in [-0.15, -0.1) is 0 Å². The van der Waals surface area contributed by atoms with Crippen molar-refractivity contribution >= 4 is 45.8 Å². The van der Waals surface area contributed by atoms with Crippen LogP contribution in [0.1, 0.15) is 57.9 Å². The van der Waals surface area contributed by atoms with Crippen LogP contribution in [-0.4, -0.2) is 16.7 Å². The number of rotatable bonds is 5. The largest absolute Gasteiger partial charge is 0.366 e. The first-order valence-corrected chi connectivity index (χ1v) is 9.63. The number of nitro benzene ring substituents is 1. The molecule has 1 aliphatic rings. The van der Waals surface area contributed by atoms with E-state index in [-0.39, 0.29) is 11.3 Å². The number of hydrogen-bond acceptors (Lipinski definition) is 4. The van der Waals surface area contributed by atoms with Gasteiger partial charge in [0.1, 0.15) is 0 Å². The second kappa shape index (κ2) is 8.03. The molecule has 0 saturated heterocycles. The van der Waals surface area contributed by atoms with Gasteiger partial charge in [-0.05, 0) is 65.1 Å². The Morgan fingerprint density at radius 2 is 1.81 bits per heavy atom. The SMILES string of the molecule is NC(=O)c1cc(NC(=O)c2cc([N+](=O)[O-])ccc2I)ccc1C1CCCC1. The molecular formula is C19H18IN3O4. The number of nitrogens with one attached hydrogen (secondary N) is 1. The lowest BCUT2D eigenvalue weighted by Crippen LogP contribution is -2.18. The van der Waals surface area contributed by atoms with Gasteiger partial charge in [0.2, 0.25) is 5.91 Å². The van der Waals surface area contributed by atoms with E-state index in [2.05, 4.69) is 5.32 Å². The number of non-ortho nitro benzene ring substituents is 1. The highest BCUT2D eigenvalue weighted by Gasteiger charge is 2.23. The summed E-state index contributed by atoms with van der Waals surface area (Å²) in [5.41, 5.74) is 7.34. The molecule has 0 spiro atoms. The van der Waals surface area contributed by atoms with Crippen LogP contribution in [0.2, 0.25) is 0 Å². The van der Waals surface area contributed by atoms with Crippen LogP contribution >= 0.6 is 22.6 Å².